The van der Waals surface area contributed by atoms with Crippen LogP contribution in [0.15, 0.2) is 50.5 Å². The fourth-order valence-corrected chi connectivity index (χ4v) is 3.47. The first-order chi connectivity index (χ1) is 9.87. The van der Waals surface area contributed by atoms with Gasteiger partial charge in [0, 0.05) is 22.4 Å². The maximum absolute atomic E-state index is 12.4. The fraction of sp³-hybridized carbons (Fsp3) is 0.200. The van der Waals surface area contributed by atoms with Crippen molar-refractivity contribution < 1.29 is 4.74 Å². The molecule has 1 aliphatic rings. The number of hydrogen-bond donors (Lipinski definition) is 0. The van der Waals surface area contributed by atoms with E-state index >= 15 is 0 Å². The molecule has 2 aromatic heterocycles. The third kappa shape index (κ3) is 2.70. The van der Waals surface area contributed by atoms with Gasteiger partial charge in [-0.25, -0.2) is 0 Å². The summed E-state index contributed by atoms with van der Waals surface area (Å²) >= 11 is 6.72. The maximum Gasteiger partial charge on any atom is 0.269 e. The molecule has 0 amide bonds. The molecule has 0 saturated heterocycles. The summed E-state index contributed by atoms with van der Waals surface area (Å²) in [6, 6.07) is 3.58. The van der Waals surface area contributed by atoms with Crippen LogP contribution in [0.5, 0.6) is 5.75 Å². The van der Waals surface area contributed by atoms with Gasteiger partial charge >= 0.3 is 0 Å². The molecule has 0 aromatic carbocycles. The zero-order valence-electron chi connectivity index (χ0n) is 11.4. The van der Waals surface area contributed by atoms with E-state index in [1.165, 1.54) is 0 Å². The zero-order chi connectivity index (χ0) is 15.2. The van der Waals surface area contributed by atoms with Gasteiger partial charge in [-0.2, -0.15) is 0 Å². The molecular weight excluding hydrogens is 400 g/mol. The molecule has 0 atom stereocenters. The van der Waals surface area contributed by atoms with Gasteiger partial charge in [0.2, 0.25) is 0 Å². The number of fused-ring (bicyclic) bond motifs is 1. The highest BCUT2D eigenvalue weighted by molar-refractivity contribution is 9.11. The van der Waals surface area contributed by atoms with Crippen molar-refractivity contribution in [3.05, 3.63) is 61.7 Å². The topological polar surface area (TPSA) is 44.1 Å². The minimum atomic E-state index is -0.514. The molecule has 0 bridgehead atoms. The molecule has 0 aliphatic carbocycles. The highest BCUT2D eigenvalue weighted by atomic mass is 79.9. The first-order valence-electron chi connectivity index (χ1n) is 6.32. The highest BCUT2D eigenvalue weighted by Crippen LogP contribution is 2.35. The smallest absolute Gasteiger partial charge is 0.269 e. The van der Waals surface area contributed by atoms with Crippen molar-refractivity contribution in [3.8, 4) is 5.75 Å². The van der Waals surface area contributed by atoms with Crippen LogP contribution in [-0.2, 0) is 0 Å². The Balaban J connectivity index is 2.30. The summed E-state index contributed by atoms with van der Waals surface area (Å²) in [5.41, 5.74) is 0.997. The Morgan fingerprint density at radius 3 is 2.86 bits per heavy atom. The zero-order valence-corrected chi connectivity index (χ0v) is 14.6. The van der Waals surface area contributed by atoms with E-state index in [1.807, 2.05) is 26.0 Å². The number of halogens is 2. The summed E-state index contributed by atoms with van der Waals surface area (Å²) in [7, 11) is 0. The number of pyridine rings is 2. The quantitative estimate of drug-likeness (QED) is 0.716. The van der Waals surface area contributed by atoms with Gasteiger partial charge in [-0.3, -0.25) is 14.3 Å². The van der Waals surface area contributed by atoms with Crippen LogP contribution >= 0.6 is 31.9 Å². The molecule has 0 saturated carbocycles. The van der Waals surface area contributed by atoms with Gasteiger partial charge in [-0.15, -0.1) is 0 Å². The van der Waals surface area contributed by atoms with Crippen LogP contribution < -0.4 is 10.3 Å². The Bertz CT molecular complexity index is 810. The van der Waals surface area contributed by atoms with Crippen molar-refractivity contribution in [2.24, 2.45) is 0 Å². The normalized spacial score (nSPS) is 15.9. The average molecular weight is 412 g/mol. The van der Waals surface area contributed by atoms with Crippen LogP contribution in [0.1, 0.15) is 19.4 Å². The van der Waals surface area contributed by atoms with Crippen LogP contribution in [0.4, 0.5) is 0 Å². The van der Waals surface area contributed by atoms with E-state index in [0.29, 0.717) is 10.2 Å². The SMILES string of the molecule is CC1(C)C=C(n2cc(Br)cc(Br)c2=O)c2ccncc2O1. The van der Waals surface area contributed by atoms with E-state index in [2.05, 4.69) is 36.8 Å². The van der Waals surface area contributed by atoms with Gasteiger partial charge in [0.05, 0.1) is 16.4 Å². The van der Waals surface area contributed by atoms with Crippen molar-refractivity contribution in [1.29, 1.82) is 0 Å². The molecule has 108 valence electrons. The van der Waals surface area contributed by atoms with Crippen LogP contribution in [0.2, 0.25) is 0 Å². The lowest BCUT2D eigenvalue weighted by molar-refractivity contribution is 0.156. The lowest BCUT2D eigenvalue weighted by Gasteiger charge is -2.31. The number of ether oxygens (including phenoxy) is 1. The molecule has 3 rings (SSSR count). The Morgan fingerprint density at radius 2 is 2.10 bits per heavy atom. The monoisotopic (exact) mass is 410 g/mol. The van der Waals surface area contributed by atoms with E-state index in [-0.39, 0.29) is 5.56 Å². The predicted molar refractivity (Wildman–Crippen MR) is 88.4 cm³/mol. The molecule has 21 heavy (non-hydrogen) atoms. The van der Waals surface area contributed by atoms with Gasteiger partial charge < -0.3 is 4.74 Å². The first-order valence-corrected chi connectivity index (χ1v) is 7.90. The minimum absolute atomic E-state index is 0.120. The number of nitrogens with zero attached hydrogens (tertiary/aromatic N) is 2. The lowest BCUT2D eigenvalue weighted by atomic mass is 10.00. The van der Waals surface area contributed by atoms with Crippen molar-refractivity contribution in [2.45, 2.75) is 19.4 Å². The first kappa shape index (κ1) is 14.5. The molecule has 3 heterocycles. The summed E-state index contributed by atoms with van der Waals surface area (Å²) in [5.74, 6) is 0.669. The van der Waals surface area contributed by atoms with Crippen LogP contribution in [0.3, 0.4) is 0 Å². The summed E-state index contributed by atoms with van der Waals surface area (Å²) in [6.07, 6.45) is 7.05. The summed E-state index contributed by atoms with van der Waals surface area (Å²) < 4.78 is 8.81. The van der Waals surface area contributed by atoms with Gasteiger partial charge in [-0.1, -0.05) is 0 Å². The third-order valence-corrected chi connectivity index (χ3v) is 4.12. The highest BCUT2D eigenvalue weighted by Gasteiger charge is 2.28. The molecule has 4 nitrogen and oxygen atoms in total. The van der Waals surface area contributed by atoms with Crippen molar-refractivity contribution in [2.75, 3.05) is 0 Å². The third-order valence-electron chi connectivity index (χ3n) is 3.12. The molecule has 0 unspecified atom stereocenters. The largest absolute Gasteiger partial charge is 0.481 e. The Labute approximate surface area is 138 Å². The molecule has 6 heteroatoms. The summed E-state index contributed by atoms with van der Waals surface area (Å²) in [4.78, 5) is 16.5. The van der Waals surface area contributed by atoms with Gasteiger partial charge in [-0.05, 0) is 63.9 Å². The van der Waals surface area contributed by atoms with E-state index in [0.717, 1.165) is 15.7 Å². The van der Waals surface area contributed by atoms with Gasteiger partial charge in [0.15, 0.2) is 0 Å². The molecule has 1 aliphatic heterocycles. The molecule has 0 fully saturated rings. The Morgan fingerprint density at radius 1 is 1.33 bits per heavy atom. The minimum Gasteiger partial charge on any atom is -0.481 e. The van der Waals surface area contributed by atoms with Crippen LogP contribution in [0.25, 0.3) is 5.70 Å². The van der Waals surface area contributed by atoms with E-state index in [1.54, 1.807) is 29.2 Å². The second kappa shape index (κ2) is 5.10. The van der Waals surface area contributed by atoms with Crippen molar-refractivity contribution >= 4 is 37.6 Å². The fourth-order valence-electron chi connectivity index (χ4n) is 2.29. The second-order valence-electron chi connectivity index (χ2n) is 5.29. The maximum atomic E-state index is 12.4. The van der Waals surface area contributed by atoms with Crippen molar-refractivity contribution in [3.63, 3.8) is 0 Å². The van der Waals surface area contributed by atoms with E-state index in [9.17, 15) is 4.79 Å². The molecule has 2 aromatic rings. The average Bonchev–Trinajstić information content (AvgIpc) is 2.41. The Hall–Kier alpha value is -1.40. The van der Waals surface area contributed by atoms with Crippen molar-refractivity contribution in [1.82, 2.24) is 9.55 Å². The van der Waals surface area contributed by atoms with Crippen LogP contribution in [-0.4, -0.2) is 15.2 Å². The Kier molecular flexibility index (Phi) is 3.53. The molecule has 0 spiro atoms. The van der Waals surface area contributed by atoms with Gasteiger partial charge in [0.1, 0.15) is 11.4 Å². The van der Waals surface area contributed by atoms with E-state index in [4.69, 9.17) is 4.74 Å². The number of rotatable bonds is 1. The van der Waals surface area contributed by atoms with Crippen LogP contribution in [0, 0.1) is 0 Å². The summed E-state index contributed by atoms with van der Waals surface area (Å²) in [6.45, 7) is 3.89. The molecule has 0 radical (unpaired) electrons. The molecular formula is C15H12Br2N2O2. The lowest BCUT2D eigenvalue weighted by Crippen LogP contribution is -2.32. The second-order valence-corrected chi connectivity index (χ2v) is 7.06. The predicted octanol–water partition coefficient (Wildman–Crippen LogP) is 3.83. The summed E-state index contributed by atoms with van der Waals surface area (Å²) in [5, 5.41) is 0. The number of hydrogen-bond acceptors (Lipinski definition) is 3. The number of aromatic nitrogens is 2. The van der Waals surface area contributed by atoms with Gasteiger partial charge in [0.25, 0.3) is 5.56 Å². The standard InChI is InChI=1S/C15H12Br2N2O2/c1-15(2)6-12(10-3-4-18-7-13(10)21-15)19-8-9(16)5-11(17)14(19)20/h3-8H,1-2H3. The molecule has 0 N–H and O–H groups in total. The van der Waals surface area contributed by atoms with E-state index < -0.39 is 5.60 Å².